The van der Waals surface area contributed by atoms with E-state index in [9.17, 15) is 0 Å². The van der Waals surface area contributed by atoms with Crippen molar-refractivity contribution in [3.63, 3.8) is 0 Å². The molecule has 94 valence electrons. The first kappa shape index (κ1) is 12.8. The Morgan fingerprint density at radius 1 is 1.24 bits per heavy atom. The molecular weight excluding hydrogens is 234 g/mol. The average molecular weight is 254 g/mol. The van der Waals surface area contributed by atoms with Crippen LogP contribution in [0.5, 0.6) is 0 Å². The zero-order chi connectivity index (χ0) is 12.3. The van der Waals surface area contributed by atoms with Gasteiger partial charge in [-0.3, -0.25) is 5.43 Å². The minimum Gasteiger partial charge on any atom is -0.304 e. The molecule has 2 rings (SSSR count). The Kier molecular flexibility index (Phi) is 4.40. The van der Waals surface area contributed by atoms with Crippen LogP contribution in [-0.2, 0) is 6.54 Å². The summed E-state index contributed by atoms with van der Waals surface area (Å²) in [6, 6.07) is 6.22. The van der Waals surface area contributed by atoms with E-state index in [0.29, 0.717) is 0 Å². The monoisotopic (exact) mass is 253 g/mol. The largest absolute Gasteiger partial charge is 0.304 e. The van der Waals surface area contributed by atoms with Gasteiger partial charge in [0.15, 0.2) is 0 Å². The van der Waals surface area contributed by atoms with Gasteiger partial charge in [0.05, 0.1) is 0 Å². The van der Waals surface area contributed by atoms with E-state index in [1.54, 1.807) is 0 Å². The Morgan fingerprint density at radius 3 is 2.59 bits per heavy atom. The van der Waals surface area contributed by atoms with Crippen molar-refractivity contribution in [3.05, 3.63) is 34.3 Å². The Morgan fingerprint density at radius 2 is 1.94 bits per heavy atom. The van der Waals surface area contributed by atoms with Gasteiger partial charge in [0, 0.05) is 37.7 Å². The highest BCUT2D eigenvalue weighted by molar-refractivity contribution is 6.31. The van der Waals surface area contributed by atoms with Crippen LogP contribution < -0.4 is 5.43 Å². The van der Waals surface area contributed by atoms with E-state index in [1.807, 2.05) is 6.07 Å². The van der Waals surface area contributed by atoms with Crippen LogP contribution in [0, 0.1) is 6.92 Å². The van der Waals surface area contributed by atoms with Crippen LogP contribution in [0.2, 0.25) is 5.02 Å². The van der Waals surface area contributed by atoms with E-state index >= 15 is 0 Å². The fourth-order valence-electron chi connectivity index (χ4n) is 1.96. The molecule has 4 heteroatoms. The lowest BCUT2D eigenvalue weighted by Gasteiger charge is -2.32. The number of hydrazine groups is 1. The van der Waals surface area contributed by atoms with Gasteiger partial charge in [0.2, 0.25) is 0 Å². The maximum Gasteiger partial charge on any atom is 0.0454 e. The molecule has 0 amide bonds. The molecule has 1 aromatic carbocycles. The van der Waals surface area contributed by atoms with Crippen molar-refractivity contribution in [2.24, 2.45) is 0 Å². The molecule has 1 N–H and O–H groups in total. The van der Waals surface area contributed by atoms with Crippen LogP contribution in [0.3, 0.4) is 0 Å². The topological polar surface area (TPSA) is 18.5 Å². The van der Waals surface area contributed by atoms with Crippen molar-refractivity contribution in [2.75, 3.05) is 33.2 Å². The van der Waals surface area contributed by atoms with Crippen molar-refractivity contribution in [1.82, 2.24) is 15.3 Å². The third-order valence-corrected chi connectivity index (χ3v) is 3.56. The molecule has 1 fully saturated rings. The van der Waals surface area contributed by atoms with E-state index in [2.05, 4.69) is 41.4 Å². The molecule has 3 nitrogen and oxygen atoms in total. The highest BCUT2D eigenvalue weighted by Gasteiger charge is 2.13. The zero-order valence-electron chi connectivity index (χ0n) is 10.5. The number of halogens is 1. The SMILES string of the molecule is Cc1ccc(CNN2CCN(C)CC2)c(Cl)c1. The summed E-state index contributed by atoms with van der Waals surface area (Å²) in [4.78, 5) is 2.34. The summed E-state index contributed by atoms with van der Waals surface area (Å²) in [5.41, 5.74) is 5.81. The van der Waals surface area contributed by atoms with Gasteiger partial charge >= 0.3 is 0 Å². The van der Waals surface area contributed by atoms with E-state index in [-0.39, 0.29) is 0 Å². The second kappa shape index (κ2) is 5.83. The number of likely N-dealkylation sites (N-methyl/N-ethyl adjacent to an activating group) is 1. The first-order valence-corrected chi connectivity index (χ1v) is 6.45. The summed E-state index contributed by atoms with van der Waals surface area (Å²) in [7, 11) is 2.16. The summed E-state index contributed by atoms with van der Waals surface area (Å²) in [6.45, 7) is 7.25. The molecular formula is C13H20ClN3. The molecule has 0 spiro atoms. The van der Waals surface area contributed by atoms with Crippen molar-refractivity contribution in [1.29, 1.82) is 0 Å². The van der Waals surface area contributed by atoms with Crippen molar-refractivity contribution >= 4 is 11.6 Å². The van der Waals surface area contributed by atoms with Gasteiger partial charge in [-0.05, 0) is 31.2 Å². The molecule has 0 atom stereocenters. The maximum absolute atomic E-state index is 6.20. The third kappa shape index (κ3) is 3.68. The molecule has 17 heavy (non-hydrogen) atoms. The molecule has 0 radical (unpaired) electrons. The third-order valence-electron chi connectivity index (χ3n) is 3.20. The minimum atomic E-state index is 0.808. The van der Waals surface area contributed by atoms with Crippen LogP contribution in [0.4, 0.5) is 0 Å². The molecule has 1 aliphatic heterocycles. The van der Waals surface area contributed by atoms with Gasteiger partial charge in [0.1, 0.15) is 0 Å². The van der Waals surface area contributed by atoms with Crippen LogP contribution in [0.25, 0.3) is 0 Å². The van der Waals surface area contributed by atoms with E-state index in [1.165, 1.54) is 5.56 Å². The van der Waals surface area contributed by atoms with Gasteiger partial charge in [-0.1, -0.05) is 23.7 Å². The van der Waals surface area contributed by atoms with Gasteiger partial charge in [-0.2, -0.15) is 0 Å². The lowest BCUT2D eigenvalue weighted by Crippen LogP contribution is -2.50. The average Bonchev–Trinajstić information content (AvgIpc) is 2.30. The van der Waals surface area contributed by atoms with Gasteiger partial charge in [0.25, 0.3) is 0 Å². The maximum atomic E-state index is 6.20. The quantitative estimate of drug-likeness (QED) is 0.888. The molecule has 1 aliphatic rings. The number of hydrogen-bond donors (Lipinski definition) is 1. The summed E-state index contributed by atoms with van der Waals surface area (Å²) in [5, 5.41) is 3.13. The van der Waals surface area contributed by atoms with E-state index < -0.39 is 0 Å². The van der Waals surface area contributed by atoms with Crippen LogP contribution in [0.1, 0.15) is 11.1 Å². The summed E-state index contributed by atoms with van der Waals surface area (Å²) >= 11 is 6.20. The molecule has 0 bridgehead atoms. The number of nitrogens with zero attached hydrogens (tertiary/aromatic N) is 2. The number of hydrogen-bond acceptors (Lipinski definition) is 3. The molecule has 1 heterocycles. The lowest BCUT2D eigenvalue weighted by molar-refractivity contribution is 0.102. The highest BCUT2D eigenvalue weighted by Crippen LogP contribution is 2.17. The second-order valence-corrected chi connectivity index (χ2v) is 5.13. The van der Waals surface area contributed by atoms with Crippen molar-refractivity contribution in [3.8, 4) is 0 Å². The van der Waals surface area contributed by atoms with E-state index in [4.69, 9.17) is 11.6 Å². The van der Waals surface area contributed by atoms with Crippen molar-refractivity contribution < 1.29 is 0 Å². The van der Waals surface area contributed by atoms with Gasteiger partial charge in [-0.25, -0.2) is 5.01 Å². The predicted octanol–water partition coefficient (Wildman–Crippen LogP) is 1.90. The first-order chi connectivity index (χ1) is 8.15. The molecule has 0 aromatic heterocycles. The smallest absolute Gasteiger partial charge is 0.0454 e. The summed E-state index contributed by atoms with van der Waals surface area (Å²) in [6.07, 6.45) is 0. The lowest BCUT2D eigenvalue weighted by atomic mass is 10.1. The fourth-order valence-corrected chi connectivity index (χ4v) is 2.26. The van der Waals surface area contributed by atoms with E-state index in [0.717, 1.165) is 43.3 Å². The predicted molar refractivity (Wildman–Crippen MR) is 72.1 cm³/mol. The Bertz CT molecular complexity index is 373. The number of aryl methyl sites for hydroxylation is 1. The van der Waals surface area contributed by atoms with Crippen LogP contribution >= 0.6 is 11.6 Å². The Labute approximate surface area is 108 Å². The van der Waals surface area contributed by atoms with Gasteiger partial charge in [-0.15, -0.1) is 0 Å². The molecule has 0 saturated carbocycles. The zero-order valence-corrected chi connectivity index (χ0v) is 11.3. The number of piperazine rings is 1. The molecule has 0 unspecified atom stereocenters. The second-order valence-electron chi connectivity index (χ2n) is 4.72. The van der Waals surface area contributed by atoms with Crippen LogP contribution in [-0.4, -0.2) is 43.1 Å². The number of nitrogens with one attached hydrogen (secondary N) is 1. The minimum absolute atomic E-state index is 0.808. The number of benzene rings is 1. The fraction of sp³-hybridized carbons (Fsp3) is 0.538. The highest BCUT2D eigenvalue weighted by atomic mass is 35.5. The van der Waals surface area contributed by atoms with Gasteiger partial charge < -0.3 is 4.90 Å². The number of rotatable bonds is 3. The normalized spacial score (nSPS) is 18.5. The molecule has 0 aliphatic carbocycles. The Balaban J connectivity index is 1.85. The Hall–Kier alpha value is -0.610. The van der Waals surface area contributed by atoms with Crippen molar-refractivity contribution in [2.45, 2.75) is 13.5 Å². The summed E-state index contributed by atoms with van der Waals surface area (Å²) in [5.74, 6) is 0. The molecule has 1 saturated heterocycles. The van der Waals surface area contributed by atoms with Crippen LogP contribution in [0.15, 0.2) is 18.2 Å². The molecule has 1 aromatic rings. The summed E-state index contributed by atoms with van der Waals surface area (Å²) < 4.78 is 0. The first-order valence-electron chi connectivity index (χ1n) is 6.07. The standard InChI is InChI=1S/C13H20ClN3/c1-11-3-4-12(13(14)9-11)10-15-17-7-5-16(2)6-8-17/h3-4,9,15H,5-8,10H2,1-2H3.